The number of imidazole rings is 1. The lowest BCUT2D eigenvalue weighted by Crippen LogP contribution is -2.10. The molecule has 3 nitrogen and oxygen atoms in total. The Bertz CT molecular complexity index is 820. The maximum Gasteiger partial charge on any atom is 0.137 e. The second-order valence-electron chi connectivity index (χ2n) is 7.21. The molecule has 0 aliphatic carbocycles. The van der Waals surface area contributed by atoms with Crippen molar-refractivity contribution in [1.82, 2.24) is 9.38 Å². The van der Waals surface area contributed by atoms with Crippen LogP contribution in [0.5, 0.6) is 0 Å². The summed E-state index contributed by atoms with van der Waals surface area (Å²) in [7, 11) is 0. The van der Waals surface area contributed by atoms with E-state index in [-0.39, 0.29) is 5.41 Å². The largest absolute Gasteiger partial charge is 0.330 e. The van der Waals surface area contributed by atoms with Crippen LogP contribution in [0.15, 0.2) is 42.6 Å². The summed E-state index contributed by atoms with van der Waals surface area (Å²) in [5.74, 6) is 0. The molecular formula is C20H25N3. The van der Waals surface area contributed by atoms with Crippen molar-refractivity contribution < 1.29 is 0 Å². The molecular weight excluding hydrogens is 282 g/mol. The van der Waals surface area contributed by atoms with E-state index in [4.69, 9.17) is 10.7 Å². The van der Waals surface area contributed by atoms with Gasteiger partial charge in [-0.1, -0.05) is 51.1 Å². The second kappa shape index (κ2) is 5.82. The molecule has 2 heterocycles. The summed E-state index contributed by atoms with van der Waals surface area (Å²) in [6.07, 6.45) is 2.96. The zero-order valence-electron chi connectivity index (χ0n) is 14.4. The quantitative estimate of drug-likeness (QED) is 0.791. The van der Waals surface area contributed by atoms with Crippen LogP contribution in [0.4, 0.5) is 0 Å². The van der Waals surface area contributed by atoms with Crippen LogP contribution in [0, 0.1) is 6.92 Å². The molecule has 0 fully saturated rings. The monoisotopic (exact) mass is 307 g/mol. The van der Waals surface area contributed by atoms with Crippen molar-refractivity contribution in [2.45, 2.75) is 39.5 Å². The van der Waals surface area contributed by atoms with Crippen LogP contribution in [0.3, 0.4) is 0 Å². The van der Waals surface area contributed by atoms with Crippen LogP contribution in [0.25, 0.3) is 16.9 Å². The number of hydrogen-bond donors (Lipinski definition) is 1. The highest BCUT2D eigenvalue weighted by molar-refractivity contribution is 5.67. The smallest absolute Gasteiger partial charge is 0.137 e. The molecule has 2 aromatic heterocycles. The lowest BCUT2D eigenvalue weighted by molar-refractivity contribution is 0.590. The number of hydrogen-bond acceptors (Lipinski definition) is 2. The summed E-state index contributed by atoms with van der Waals surface area (Å²) >= 11 is 0. The molecule has 23 heavy (non-hydrogen) atoms. The second-order valence-corrected chi connectivity index (χ2v) is 7.21. The molecule has 2 N–H and O–H groups in total. The van der Waals surface area contributed by atoms with Gasteiger partial charge in [0.2, 0.25) is 0 Å². The normalized spacial score (nSPS) is 12.0. The molecule has 3 aromatic rings. The standard InChI is InChI=1S/C20H25N3/c1-14-5-10-18-22-19(17(11-12-21)23(18)13-14)15-6-8-16(9-7-15)20(2,3)4/h5-10,13H,11-12,21H2,1-4H3. The van der Waals surface area contributed by atoms with E-state index >= 15 is 0 Å². The molecule has 0 unspecified atom stereocenters. The van der Waals surface area contributed by atoms with Gasteiger partial charge in [-0.3, -0.25) is 0 Å². The Balaban J connectivity index is 2.13. The summed E-state index contributed by atoms with van der Waals surface area (Å²) in [5.41, 5.74) is 12.9. The Kier molecular flexibility index (Phi) is 3.99. The molecule has 0 aliphatic heterocycles. The van der Waals surface area contributed by atoms with Crippen molar-refractivity contribution in [3.05, 3.63) is 59.4 Å². The molecule has 120 valence electrons. The Morgan fingerprint density at radius 1 is 1.04 bits per heavy atom. The maximum absolute atomic E-state index is 5.84. The number of pyridine rings is 1. The minimum Gasteiger partial charge on any atom is -0.330 e. The van der Waals surface area contributed by atoms with Crippen LogP contribution in [0.2, 0.25) is 0 Å². The van der Waals surface area contributed by atoms with Crippen molar-refractivity contribution in [1.29, 1.82) is 0 Å². The lowest BCUT2D eigenvalue weighted by atomic mass is 9.86. The minimum absolute atomic E-state index is 0.161. The van der Waals surface area contributed by atoms with Gasteiger partial charge in [0.1, 0.15) is 5.65 Å². The summed E-state index contributed by atoms with van der Waals surface area (Å²) in [6, 6.07) is 12.9. The number of benzene rings is 1. The van der Waals surface area contributed by atoms with Crippen molar-refractivity contribution in [2.75, 3.05) is 6.54 Å². The molecule has 0 radical (unpaired) electrons. The van der Waals surface area contributed by atoms with Gasteiger partial charge in [-0.15, -0.1) is 0 Å². The Labute approximate surface area is 138 Å². The summed E-state index contributed by atoms with van der Waals surface area (Å²) in [5, 5.41) is 0. The number of aromatic nitrogens is 2. The molecule has 1 aromatic carbocycles. The first-order chi connectivity index (χ1) is 10.9. The molecule has 3 heteroatoms. The molecule has 0 aliphatic rings. The van der Waals surface area contributed by atoms with E-state index < -0.39 is 0 Å². The van der Waals surface area contributed by atoms with Crippen LogP contribution in [-0.2, 0) is 11.8 Å². The number of rotatable bonds is 3. The Morgan fingerprint density at radius 2 is 1.74 bits per heavy atom. The molecule has 0 bridgehead atoms. The Morgan fingerprint density at radius 3 is 2.35 bits per heavy atom. The Hall–Kier alpha value is -2.13. The van der Waals surface area contributed by atoms with Crippen LogP contribution >= 0.6 is 0 Å². The first-order valence-corrected chi connectivity index (χ1v) is 8.19. The van der Waals surface area contributed by atoms with Crippen LogP contribution in [0.1, 0.15) is 37.6 Å². The fraction of sp³-hybridized carbons (Fsp3) is 0.350. The average molecular weight is 307 g/mol. The lowest BCUT2D eigenvalue weighted by Gasteiger charge is -2.19. The minimum atomic E-state index is 0.161. The first kappa shape index (κ1) is 15.8. The average Bonchev–Trinajstić information content (AvgIpc) is 2.85. The van der Waals surface area contributed by atoms with Gasteiger partial charge in [0, 0.05) is 18.2 Å². The highest BCUT2D eigenvalue weighted by atomic mass is 15.0. The number of fused-ring (bicyclic) bond motifs is 1. The predicted octanol–water partition coefficient (Wildman–Crippen LogP) is 4.11. The number of nitrogens with zero attached hydrogens (tertiary/aromatic N) is 2. The third-order valence-corrected chi connectivity index (χ3v) is 4.27. The van der Waals surface area contributed by atoms with Gasteiger partial charge in [0.05, 0.1) is 11.4 Å². The molecule has 0 amide bonds. The summed E-state index contributed by atoms with van der Waals surface area (Å²) in [6.45, 7) is 9.42. The third-order valence-electron chi connectivity index (χ3n) is 4.27. The topological polar surface area (TPSA) is 43.3 Å². The zero-order chi connectivity index (χ0) is 16.6. The van der Waals surface area contributed by atoms with Crippen molar-refractivity contribution in [3.8, 4) is 11.3 Å². The van der Waals surface area contributed by atoms with E-state index in [1.807, 2.05) is 0 Å². The van der Waals surface area contributed by atoms with Gasteiger partial charge in [0.15, 0.2) is 0 Å². The third kappa shape index (κ3) is 3.02. The molecule has 0 spiro atoms. The predicted molar refractivity (Wildman–Crippen MR) is 96.8 cm³/mol. The molecule has 3 rings (SSSR count). The first-order valence-electron chi connectivity index (χ1n) is 8.19. The maximum atomic E-state index is 5.84. The van der Waals surface area contributed by atoms with Gasteiger partial charge >= 0.3 is 0 Å². The highest BCUT2D eigenvalue weighted by Gasteiger charge is 2.16. The van der Waals surface area contributed by atoms with E-state index in [0.717, 1.165) is 23.3 Å². The molecule has 0 atom stereocenters. The van der Waals surface area contributed by atoms with E-state index in [9.17, 15) is 0 Å². The van der Waals surface area contributed by atoms with Crippen molar-refractivity contribution in [2.24, 2.45) is 5.73 Å². The van der Waals surface area contributed by atoms with Gasteiger partial charge in [-0.2, -0.15) is 0 Å². The van der Waals surface area contributed by atoms with Gasteiger partial charge in [-0.05, 0) is 36.1 Å². The zero-order valence-corrected chi connectivity index (χ0v) is 14.4. The van der Waals surface area contributed by atoms with Crippen molar-refractivity contribution >= 4 is 5.65 Å². The molecule has 0 saturated heterocycles. The van der Waals surface area contributed by atoms with Crippen LogP contribution < -0.4 is 5.73 Å². The summed E-state index contributed by atoms with van der Waals surface area (Å²) < 4.78 is 2.18. The van der Waals surface area contributed by atoms with Gasteiger partial charge in [0.25, 0.3) is 0 Å². The van der Waals surface area contributed by atoms with Crippen LogP contribution in [-0.4, -0.2) is 15.9 Å². The van der Waals surface area contributed by atoms with Crippen molar-refractivity contribution in [3.63, 3.8) is 0 Å². The SMILES string of the molecule is Cc1ccc2nc(-c3ccc(C(C)(C)C)cc3)c(CCN)n2c1. The van der Waals surface area contributed by atoms with E-state index in [2.05, 4.69) is 74.7 Å². The number of aryl methyl sites for hydroxylation is 1. The van der Waals surface area contributed by atoms with Gasteiger partial charge in [-0.25, -0.2) is 4.98 Å². The fourth-order valence-corrected chi connectivity index (χ4v) is 2.93. The highest BCUT2D eigenvalue weighted by Crippen LogP contribution is 2.28. The fourth-order valence-electron chi connectivity index (χ4n) is 2.93. The summed E-state index contributed by atoms with van der Waals surface area (Å²) in [4.78, 5) is 4.84. The van der Waals surface area contributed by atoms with E-state index in [0.29, 0.717) is 6.54 Å². The molecule has 0 saturated carbocycles. The van der Waals surface area contributed by atoms with E-state index in [1.54, 1.807) is 0 Å². The van der Waals surface area contributed by atoms with E-state index in [1.165, 1.54) is 16.8 Å². The number of nitrogens with two attached hydrogens (primary N) is 1. The van der Waals surface area contributed by atoms with Gasteiger partial charge < -0.3 is 10.1 Å².